The molecule has 0 saturated heterocycles. The van der Waals surface area contributed by atoms with Crippen molar-refractivity contribution in [2.45, 2.75) is 13.8 Å². The average Bonchev–Trinajstić information content (AvgIpc) is 1.66. The van der Waals surface area contributed by atoms with Crippen molar-refractivity contribution in [3.63, 3.8) is 0 Å². The zero-order valence-electron chi connectivity index (χ0n) is 5.72. The molecule has 0 aliphatic carbocycles. The summed E-state index contributed by atoms with van der Waals surface area (Å²) < 4.78 is 0. The summed E-state index contributed by atoms with van der Waals surface area (Å²) in [5, 5.41) is 4.16. The zero-order chi connectivity index (χ0) is 6.41. The summed E-state index contributed by atoms with van der Waals surface area (Å²) in [6.45, 7) is 6.77. The molecule has 0 amide bonds. The van der Waals surface area contributed by atoms with Crippen molar-refractivity contribution in [1.82, 2.24) is 5.32 Å². The lowest BCUT2D eigenvalue weighted by atomic mass is 10.2. The standard InChI is InChI=1S/C6H15N2/c1-6(2)5-8-4-3-7/h6H,3-5,7H2,1-2H3. The first-order valence-corrected chi connectivity index (χ1v) is 3.10. The molecule has 2 nitrogen and oxygen atoms in total. The van der Waals surface area contributed by atoms with Gasteiger partial charge < -0.3 is 5.73 Å². The van der Waals surface area contributed by atoms with Gasteiger partial charge in [0.25, 0.3) is 0 Å². The first-order valence-electron chi connectivity index (χ1n) is 3.10. The quantitative estimate of drug-likeness (QED) is 0.522. The summed E-state index contributed by atoms with van der Waals surface area (Å²) in [5.74, 6) is 0.682. The highest BCUT2D eigenvalue weighted by Gasteiger charge is 1.90. The fourth-order valence-corrected chi connectivity index (χ4v) is 0.441. The predicted molar refractivity (Wildman–Crippen MR) is 35.8 cm³/mol. The number of hydrogen-bond acceptors (Lipinski definition) is 1. The van der Waals surface area contributed by atoms with Crippen LogP contribution in [-0.2, 0) is 0 Å². The fourth-order valence-electron chi connectivity index (χ4n) is 0.441. The van der Waals surface area contributed by atoms with E-state index in [2.05, 4.69) is 19.2 Å². The van der Waals surface area contributed by atoms with Crippen molar-refractivity contribution in [3.8, 4) is 0 Å². The Morgan fingerprint density at radius 3 is 2.50 bits per heavy atom. The lowest BCUT2D eigenvalue weighted by Gasteiger charge is -2.01. The Balaban J connectivity index is 2.72. The number of hydrogen-bond donors (Lipinski definition) is 1. The third-order valence-electron chi connectivity index (χ3n) is 0.781. The maximum atomic E-state index is 5.22. The Morgan fingerprint density at radius 2 is 2.12 bits per heavy atom. The molecule has 0 spiro atoms. The molecule has 0 aliphatic heterocycles. The molecule has 0 unspecified atom stereocenters. The molecule has 0 aromatic heterocycles. The highest BCUT2D eigenvalue weighted by molar-refractivity contribution is 4.49. The van der Waals surface area contributed by atoms with Crippen LogP contribution in [0.25, 0.3) is 0 Å². The molecular formula is C6H15N2. The van der Waals surface area contributed by atoms with Crippen LogP contribution in [0.5, 0.6) is 0 Å². The molecule has 0 bridgehead atoms. The third kappa shape index (κ3) is 5.92. The molecular weight excluding hydrogens is 100 g/mol. The molecule has 0 atom stereocenters. The van der Waals surface area contributed by atoms with Crippen LogP contribution in [0.2, 0.25) is 0 Å². The molecule has 0 fully saturated rings. The van der Waals surface area contributed by atoms with Crippen molar-refractivity contribution < 1.29 is 0 Å². The van der Waals surface area contributed by atoms with E-state index >= 15 is 0 Å². The topological polar surface area (TPSA) is 40.1 Å². The predicted octanol–water partition coefficient (Wildman–Crippen LogP) is 0.206. The highest BCUT2D eigenvalue weighted by Crippen LogP contribution is 1.86. The van der Waals surface area contributed by atoms with Crippen LogP contribution in [0.15, 0.2) is 0 Å². The average molecular weight is 115 g/mol. The summed E-state index contributed by atoms with van der Waals surface area (Å²) in [4.78, 5) is 0. The van der Waals surface area contributed by atoms with Gasteiger partial charge in [0.15, 0.2) is 0 Å². The molecule has 0 heterocycles. The molecule has 2 heteroatoms. The normalized spacial score (nSPS) is 10.5. The fraction of sp³-hybridized carbons (Fsp3) is 1.00. The van der Waals surface area contributed by atoms with Gasteiger partial charge in [0.2, 0.25) is 0 Å². The molecule has 2 N–H and O–H groups in total. The SMILES string of the molecule is CC(C)C[N]CCN. The molecule has 49 valence electrons. The molecule has 0 saturated carbocycles. The molecule has 0 aromatic rings. The van der Waals surface area contributed by atoms with Gasteiger partial charge in [-0.2, -0.15) is 0 Å². The third-order valence-corrected chi connectivity index (χ3v) is 0.781. The van der Waals surface area contributed by atoms with E-state index in [-0.39, 0.29) is 0 Å². The molecule has 0 rings (SSSR count). The lowest BCUT2D eigenvalue weighted by molar-refractivity contribution is 0.549. The van der Waals surface area contributed by atoms with Gasteiger partial charge in [-0.15, -0.1) is 0 Å². The van der Waals surface area contributed by atoms with Gasteiger partial charge in [0.1, 0.15) is 0 Å². The Hall–Kier alpha value is -0.0800. The lowest BCUT2D eigenvalue weighted by Crippen LogP contribution is -2.19. The van der Waals surface area contributed by atoms with Crippen LogP contribution >= 0.6 is 0 Å². The largest absolute Gasteiger partial charge is 0.329 e. The second-order valence-electron chi connectivity index (χ2n) is 2.31. The Labute approximate surface area is 51.5 Å². The number of nitrogens with zero attached hydrogens (tertiary/aromatic N) is 1. The summed E-state index contributed by atoms with van der Waals surface area (Å²) in [6, 6.07) is 0. The van der Waals surface area contributed by atoms with Crippen LogP contribution in [-0.4, -0.2) is 19.6 Å². The summed E-state index contributed by atoms with van der Waals surface area (Å²) in [7, 11) is 0. The van der Waals surface area contributed by atoms with E-state index in [1.165, 1.54) is 0 Å². The summed E-state index contributed by atoms with van der Waals surface area (Å²) in [5.41, 5.74) is 5.22. The van der Waals surface area contributed by atoms with E-state index in [0.29, 0.717) is 12.5 Å². The van der Waals surface area contributed by atoms with Crippen LogP contribution in [0.3, 0.4) is 0 Å². The van der Waals surface area contributed by atoms with Gasteiger partial charge >= 0.3 is 0 Å². The van der Waals surface area contributed by atoms with Gasteiger partial charge in [-0.05, 0) is 5.92 Å². The van der Waals surface area contributed by atoms with Crippen molar-refractivity contribution in [1.29, 1.82) is 0 Å². The maximum Gasteiger partial charge on any atom is 0.0256 e. The van der Waals surface area contributed by atoms with E-state index < -0.39 is 0 Å². The van der Waals surface area contributed by atoms with Crippen molar-refractivity contribution in [3.05, 3.63) is 0 Å². The zero-order valence-corrected chi connectivity index (χ0v) is 5.72. The van der Waals surface area contributed by atoms with E-state index in [1.807, 2.05) is 0 Å². The van der Waals surface area contributed by atoms with E-state index in [4.69, 9.17) is 5.73 Å². The van der Waals surface area contributed by atoms with Crippen molar-refractivity contribution in [2.24, 2.45) is 11.7 Å². The smallest absolute Gasteiger partial charge is 0.0256 e. The van der Waals surface area contributed by atoms with Crippen LogP contribution in [0, 0.1) is 5.92 Å². The first kappa shape index (κ1) is 7.92. The van der Waals surface area contributed by atoms with E-state index in [0.717, 1.165) is 13.1 Å². The first-order chi connectivity index (χ1) is 3.77. The van der Waals surface area contributed by atoms with Gasteiger partial charge in [0.05, 0.1) is 0 Å². The number of rotatable bonds is 4. The van der Waals surface area contributed by atoms with E-state index in [9.17, 15) is 0 Å². The molecule has 1 radical (unpaired) electrons. The van der Waals surface area contributed by atoms with Crippen molar-refractivity contribution >= 4 is 0 Å². The van der Waals surface area contributed by atoms with Gasteiger partial charge in [0, 0.05) is 19.6 Å². The monoisotopic (exact) mass is 115 g/mol. The Bertz CT molecular complexity index is 43.8. The Kier molecular flexibility index (Phi) is 5.01. The van der Waals surface area contributed by atoms with E-state index in [1.54, 1.807) is 0 Å². The second kappa shape index (κ2) is 5.06. The summed E-state index contributed by atoms with van der Waals surface area (Å²) >= 11 is 0. The Morgan fingerprint density at radius 1 is 1.50 bits per heavy atom. The minimum absolute atomic E-state index is 0.682. The van der Waals surface area contributed by atoms with Gasteiger partial charge in [-0.25, -0.2) is 5.32 Å². The maximum absolute atomic E-state index is 5.22. The van der Waals surface area contributed by atoms with Crippen LogP contribution in [0.4, 0.5) is 0 Å². The summed E-state index contributed by atoms with van der Waals surface area (Å²) in [6.07, 6.45) is 0. The molecule has 0 aliphatic rings. The van der Waals surface area contributed by atoms with Gasteiger partial charge in [-0.1, -0.05) is 13.8 Å². The minimum Gasteiger partial charge on any atom is -0.329 e. The minimum atomic E-state index is 0.682. The van der Waals surface area contributed by atoms with Gasteiger partial charge in [-0.3, -0.25) is 0 Å². The van der Waals surface area contributed by atoms with Crippen LogP contribution in [0.1, 0.15) is 13.8 Å². The van der Waals surface area contributed by atoms with Crippen molar-refractivity contribution in [2.75, 3.05) is 19.6 Å². The second-order valence-corrected chi connectivity index (χ2v) is 2.31. The number of nitrogens with two attached hydrogens (primary N) is 1. The molecule has 8 heavy (non-hydrogen) atoms. The highest BCUT2D eigenvalue weighted by atomic mass is 14.9. The molecule has 0 aromatic carbocycles. The van der Waals surface area contributed by atoms with Crippen LogP contribution < -0.4 is 11.1 Å².